The first-order chi connectivity index (χ1) is 14.8. The van der Waals surface area contributed by atoms with Gasteiger partial charge in [-0.2, -0.15) is 5.10 Å². The molecule has 1 saturated heterocycles. The van der Waals surface area contributed by atoms with Crippen molar-refractivity contribution in [1.82, 2.24) is 19.7 Å². The third-order valence-corrected chi connectivity index (χ3v) is 6.60. The van der Waals surface area contributed by atoms with Crippen molar-refractivity contribution in [2.75, 3.05) is 31.2 Å². The van der Waals surface area contributed by atoms with E-state index in [1.54, 1.807) is 6.33 Å². The number of aliphatic hydroxyl groups is 1. The quantitative estimate of drug-likeness (QED) is 0.713. The highest BCUT2D eigenvalue weighted by Gasteiger charge is 2.62. The first kappa shape index (κ1) is 19.0. The predicted octanol–water partition coefficient (Wildman–Crippen LogP) is 2.42. The number of benzene rings is 1. The van der Waals surface area contributed by atoms with Crippen molar-refractivity contribution in [1.29, 1.82) is 5.26 Å². The molecule has 2 atom stereocenters. The molecule has 1 spiro atoms. The van der Waals surface area contributed by atoms with E-state index in [0.717, 1.165) is 35.0 Å². The molecule has 6 rings (SSSR count). The summed E-state index contributed by atoms with van der Waals surface area (Å²) in [4.78, 5) is 11.1. The largest absolute Gasteiger partial charge is 0.394 e. The third kappa shape index (κ3) is 3.20. The van der Waals surface area contributed by atoms with Gasteiger partial charge in [0.25, 0.3) is 0 Å². The van der Waals surface area contributed by atoms with Crippen LogP contribution in [0.15, 0.2) is 36.8 Å². The first-order valence-electron chi connectivity index (χ1n) is 10.3. The van der Waals surface area contributed by atoms with Crippen molar-refractivity contribution in [2.45, 2.75) is 31.3 Å². The van der Waals surface area contributed by atoms with E-state index in [1.165, 1.54) is 24.8 Å². The average Bonchev–Trinajstić information content (AvgIpc) is 3.72. The lowest BCUT2D eigenvalue weighted by Crippen LogP contribution is -2.44. The number of hydrogen-bond donors (Lipinski definition) is 1. The molecule has 8 nitrogen and oxygen atoms in total. The molecular weight excluding hydrogens is 380 g/mol. The van der Waals surface area contributed by atoms with Crippen LogP contribution in [0.5, 0.6) is 0 Å². The van der Waals surface area contributed by atoms with Gasteiger partial charge in [-0.15, -0.1) is 0 Å². The molecule has 8 heteroatoms. The van der Waals surface area contributed by atoms with E-state index in [-0.39, 0.29) is 12.7 Å². The summed E-state index contributed by atoms with van der Waals surface area (Å²) in [5.74, 6) is 2.33. The minimum absolute atomic E-state index is 0.0175. The SMILES string of the molecule is C#N.OCC1CN(c2cc(-n3ncc4ccc(C5CC56CC6)cc43)ncn2)CCO1. The molecule has 2 aliphatic carbocycles. The monoisotopic (exact) mass is 404 g/mol. The van der Waals surface area contributed by atoms with Gasteiger partial charge in [-0.05, 0) is 42.2 Å². The molecule has 0 amide bonds. The molecule has 2 unspecified atom stereocenters. The molecule has 3 fully saturated rings. The van der Waals surface area contributed by atoms with Gasteiger partial charge in [0.05, 0.1) is 31.0 Å². The number of nitriles is 1. The fourth-order valence-electron chi connectivity index (χ4n) is 4.63. The smallest absolute Gasteiger partial charge is 0.159 e. The normalized spacial score (nSPS) is 23.8. The van der Waals surface area contributed by atoms with Gasteiger partial charge in [-0.3, -0.25) is 0 Å². The Bertz CT molecular complexity index is 1090. The Hall–Kier alpha value is -3.02. The van der Waals surface area contributed by atoms with E-state index in [9.17, 15) is 5.11 Å². The van der Waals surface area contributed by atoms with E-state index < -0.39 is 0 Å². The molecule has 1 aromatic carbocycles. The predicted molar refractivity (Wildman–Crippen MR) is 111 cm³/mol. The van der Waals surface area contributed by atoms with Gasteiger partial charge in [0.15, 0.2) is 5.82 Å². The molecule has 3 aromatic rings. The Morgan fingerprint density at radius 3 is 2.80 bits per heavy atom. The number of hydrogen-bond acceptors (Lipinski definition) is 7. The van der Waals surface area contributed by atoms with E-state index in [2.05, 4.69) is 44.7 Å². The van der Waals surface area contributed by atoms with E-state index in [1.807, 2.05) is 16.9 Å². The number of fused-ring (bicyclic) bond motifs is 1. The molecule has 1 N–H and O–H groups in total. The average molecular weight is 404 g/mol. The van der Waals surface area contributed by atoms with Crippen LogP contribution in [-0.4, -0.2) is 57.3 Å². The van der Waals surface area contributed by atoms with Gasteiger partial charge in [0, 0.05) is 31.1 Å². The van der Waals surface area contributed by atoms with E-state index in [0.29, 0.717) is 18.6 Å². The summed E-state index contributed by atoms with van der Waals surface area (Å²) < 4.78 is 7.46. The van der Waals surface area contributed by atoms with Gasteiger partial charge in [0.1, 0.15) is 12.1 Å². The molecule has 154 valence electrons. The van der Waals surface area contributed by atoms with Crippen LogP contribution in [0.1, 0.15) is 30.7 Å². The van der Waals surface area contributed by atoms with Gasteiger partial charge in [0.2, 0.25) is 0 Å². The third-order valence-electron chi connectivity index (χ3n) is 6.60. The van der Waals surface area contributed by atoms with Crippen LogP contribution in [0.3, 0.4) is 0 Å². The summed E-state index contributed by atoms with van der Waals surface area (Å²) in [6, 6.07) is 8.70. The standard InChI is InChI=1S/C21H23N5O2.CHN/c27-12-16-11-25(5-6-28-16)19-8-20(23-13-22-19)26-18-7-14(1-2-15(18)10-24-26)17-9-21(17)3-4-21;1-2/h1-2,7-8,10,13,16-17,27H,3-6,9,11-12H2;1H. The summed E-state index contributed by atoms with van der Waals surface area (Å²) in [6.07, 6.45) is 7.43. The van der Waals surface area contributed by atoms with E-state index in [4.69, 9.17) is 10.00 Å². The molecular formula is C22H24N6O2. The maximum atomic E-state index is 9.40. The summed E-state index contributed by atoms with van der Waals surface area (Å²) in [6.45, 7) is 5.48. The summed E-state index contributed by atoms with van der Waals surface area (Å²) in [7, 11) is 0. The number of aliphatic hydroxyl groups excluding tert-OH is 1. The maximum Gasteiger partial charge on any atom is 0.159 e. The molecule has 2 saturated carbocycles. The fourth-order valence-corrected chi connectivity index (χ4v) is 4.63. The zero-order valence-corrected chi connectivity index (χ0v) is 16.7. The van der Waals surface area contributed by atoms with Crippen molar-refractivity contribution < 1.29 is 9.84 Å². The van der Waals surface area contributed by atoms with Crippen molar-refractivity contribution in [2.24, 2.45) is 5.41 Å². The van der Waals surface area contributed by atoms with Crippen LogP contribution < -0.4 is 4.90 Å². The minimum atomic E-state index is -0.173. The lowest BCUT2D eigenvalue weighted by molar-refractivity contribution is 0.00335. The molecule has 3 aliphatic rings. The molecule has 3 heterocycles. The van der Waals surface area contributed by atoms with Crippen molar-refractivity contribution in [3.05, 3.63) is 42.4 Å². The highest BCUT2D eigenvalue weighted by molar-refractivity contribution is 5.81. The van der Waals surface area contributed by atoms with Crippen LogP contribution >= 0.6 is 0 Å². The number of anilines is 1. The molecule has 30 heavy (non-hydrogen) atoms. The zero-order valence-electron chi connectivity index (χ0n) is 16.7. The highest BCUT2D eigenvalue weighted by Crippen LogP contribution is 2.75. The number of rotatable bonds is 4. The topological polar surface area (TPSA) is 100 Å². The fraction of sp³-hybridized carbons (Fsp3) is 0.455. The van der Waals surface area contributed by atoms with Crippen LogP contribution in [0, 0.1) is 17.2 Å². The molecule has 0 radical (unpaired) electrons. The van der Waals surface area contributed by atoms with Crippen molar-refractivity contribution in [3.8, 4) is 12.4 Å². The highest BCUT2D eigenvalue weighted by atomic mass is 16.5. The van der Waals surface area contributed by atoms with Gasteiger partial charge in [-0.1, -0.05) is 12.1 Å². The summed E-state index contributed by atoms with van der Waals surface area (Å²) in [5.41, 5.74) is 3.17. The van der Waals surface area contributed by atoms with Crippen LogP contribution in [0.2, 0.25) is 0 Å². The number of nitrogens with zero attached hydrogens (tertiary/aromatic N) is 6. The Balaban J connectivity index is 0.000000937. The second-order valence-electron chi connectivity index (χ2n) is 8.35. The summed E-state index contributed by atoms with van der Waals surface area (Å²) in [5, 5.41) is 21.6. The number of morpholine rings is 1. The Morgan fingerprint density at radius 1 is 1.20 bits per heavy atom. The Morgan fingerprint density at radius 2 is 2.03 bits per heavy atom. The van der Waals surface area contributed by atoms with E-state index >= 15 is 0 Å². The lowest BCUT2D eigenvalue weighted by Gasteiger charge is -2.32. The second kappa shape index (κ2) is 7.35. The van der Waals surface area contributed by atoms with Crippen LogP contribution in [0.25, 0.3) is 16.7 Å². The Labute approximate surface area is 174 Å². The molecule has 0 bridgehead atoms. The Kier molecular flexibility index (Phi) is 4.65. The lowest BCUT2D eigenvalue weighted by atomic mass is 10.1. The zero-order chi connectivity index (χ0) is 20.7. The molecule has 2 aromatic heterocycles. The van der Waals surface area contributed by atoms with Gasteiger partial charge >= 0.3 is 0 Å². The van der Waals surface area contributed by atoms with Gasteiger partial charge in [-0.25, -0.2) is 19.9 Å². The number of ether oxygens (including phenoxy) is 1. The van der Waals surface area contributed by atoms with Crippen molar-refractivity contribution in [3.63, 3.8) is 0 Å². The second-order valence-corrected chi connectivity index (χ2v) is 8.35. The van der Waals surface area contributed by atoms with Gasteiger partial charge < -0.3 is 14.7 Å². The van der Waals surface area contributed by atoms with Crippen LogP contribution in [0.4, 0.5) is 5.82 Å². The van der Waals surface area contributed by atoms with Crippen molar-refractivity contribution >= 4 is 16.7 Å². The molecule has 1 aliphatic heterocycles. The summed E-state index contributed by atoms with van der Waals surface area (Å²) >= 11 is 0. The van der Waals surface area contributed by atoms with Crippen LogP contribution in [-0.2, 0) is 4.74 Å². The minimum Gasteiger partial charge on any atom is -0.394 e. The number of aromatic nitrogens is 4. The maximum absolute atomic E-state index is 9.40. The first-order valence-corrected chi connectivity index (χ1v) is 10.3.